The van der Waals surface area contributed by atoms with Crippen molar-refractivity contribution in [1.29, 1.82) is 0 Å². The van der Waals surface area contributed by atoms with Crippen LogP contribution in [0.3, 0.4) is 0 Å². The van der Waals surface area contributed by atoms with E-state index in [4.69, 9.17) is 9.47 Å². The molecule has 0 saturated carbocycles. The minimum absolute atomic E-state index is 0.0854. The first-order valence-corrected chi connectivity index (χ1v) is 8.09. The van der Waals surface area contributed by atoms with Gasteiger partial charge in [-0.2, -0.15) is 0 Å². The quantitative estimate of drug-likeness (QED) is 0.836. The van der Waals surface area contributed by atoms with E-state index in [1.165, 1.54) is 7.11 Å². The summed E-state index contributed by atoms with van der Waals surface area (Å²) < 4.78 is 10.3. The Morgan fingerprint density at radius 1 is 1.33 bits per heavy atom. The number of anilines is 1. The minimum Gasteiger partial charge on any atom is -0.495 e. The zero-order valence-corrected chi connectivity index (χ0v) is 15.0. The number of amides is 1. The SMILES string of the molecule is COC(=O)C(C)(C)c1ccc(NC2CCCN(C)C2=O)c(OC)c1. The molecule has 132 valence electrons. The molecule has 1 saturated heterocycles. The third kappa shape index (κ3) is 3.47. The normalized spacial score (nSPS) is 18.3. The van der Waals surface area contributed by atoms with Crippen molar-refractivity contribution in [3.05, 3.63) is 23.8 Å². The van der Waals surface area contributed by atoms with Gasteiger partial charge < -0.3 is 19.7 Å². The molecule has 1 N–H and O–H groups in total. The van der Waals surface area contributed by atoms with Gasteiger partial charge in [-0.3, -0.25) is 9.59 Å². The van der Waals surface area contributed by atoms with Gasteiger partial charge in [0.15, 0.2) is 0 Å². The van der Waals surface area contributed by atoms with E-state index in [9.17, 15) is 9.59 Å². The number of nitrogens with one attached hydrogen (secondary N) is 1. The van der Waals surface area contributed by atoms with E-state index in [1.54, 1.807) is 25.9 Å². The average molecular weight is 334 g/mol. The lowest BCUT2D eigenvalue weighted by Crippen LogP contribution is -2.45. The van der Waals surface area contributed by atoms with E-state index >= 15 is 0 Å². The van der Waals surface area contributed by atoms with E-state index in [1.807, 2.05) is 25.2 Å². The van der Waals surface area contributed by atoms with Crippen LogP contribution in [0.4, 0.5) is 5.69 Å². The molecule has 1 heterocycles. The molecule has 6 nitrogen and oxygen atoms in total. The molecule has 0 radical (unpaired) electrons. The van der Waals surface area contributed by atoms with Gasteiger partial charge in [-0.25, -0.2) is 0 Å². The highest BCUT2D eigenvalue weighted by Crippen LogP contribution is 2.33. The highest BCUT2D eigenvalue weighted by Gasteiger charge is 2.32. The summed E-state index contributed by atoms with van der Waals surface area (Å²) in [4.78, 5) is 26.0. The zero-order valence-electron chi connectivity index (χ0n) is 15.0. The van der Waals surface area contributed by atoms with Crippen LogP contribution in [0, 0.1) is 0 Å². The van der Waals surface area contributed by atoms with Crippen molar-refractivity contribution in [2.75, 3.05) is 33.1 Å². The van der Waals surface area contributed by atoms with Crippen molar-refractivity contribution in [2.45, 2.75) is 38.1 Å². The van der Waals surface area contributed by atoms with Crippen molar-refractivity contribution < 1.29 is 19.1 Å². The number of rotatable bonds is 5. The molecular formula is C18H26N2O4. The number of ether oxygens (including phenoxy) is 2. The number of piperidine rings is 1. The molecule has 1 aromatic carbocycles. The summed E-state index contributed by atoms with van der Waals surface area (Å²) in [7, 11) is 4.77. The van der Waals surface area contributed by atoms with Gasteiger partial charge >= 0.3 is 5.97 Å². The Labute approximate surface area is 143 Å². The molecule has 1 aliphatic rings. The van der Waals surface area contributed by atoms with Gasteiger partial charge in [-0.1, -0.05) is 6.07 Å². The molecule has 0 aromatic heterocycles. The smallest absolute Gasteiger partial charge is 0.315 e. The molecule has 1 atom stereocenters. The summed E-state index contributed by atoms with van der Waals surface area (Å²) in [5.41, 5.74) is 0.765. The fourth-order valence-electron chi connectivity index (χ4n) is 2.93. The average Bonchev–Trinajstić information content (AvgIpc) is 2.58. The van der Waals surface area contributed by atoms with Crippen molar-refractivity contribution >= 4 is 17.6 Å². The summed E-state index contributed by atoms with van der Waals surface area (Å²) >= 11 is 0. The maximum atomic E-state index is 12.2. The number of nitrogens with zero attached hydrogens (tertiary/aromatic N) is 1. The lowest BCUT2D eigenvalue weighted by atomic mass is 9.84. The third-order valence-corrected chi connectivity index (χ3v) is 4.61. The monoisotopic (exact) mass is 334 g/mol. The Hall–Kier alpha value is -2.24. The second-order valence-corrected chi connectivity index (χ2v) is 6.63. The summed E-state index contributed by atoms with van der Waals surface area (Å²) in [6, 6.07) is 5.27. The molecule has 1 fully saturated rings. The van der Waals surface area contributed by atoms with Crippen LogP contribution >= 0.6 is 0 Å². The molecule has 0 spiro atoms. The van der Waals surface area contributed by atoms with E-state index in [0.29, 0.717) is 5.75 Å². The lowest BCUT2D eigenvalue weighted by molar-refractivity contribution is -0.146. The number of likely N-dealkylation sites (N-methyl/N-ethyl adjacent to an activating group) is 1. The molecule has 1 amide bonds. The van der Waals surface area contributed by atoms with Crippen molar-refractivity contribution in [1.82, 2.24) is 4.90 Å². The number of esters is 1. The largest absolute Gasteiger partial charge is 0.495 e. The summed E-state index contributed by atoms with van der Waals surface area (Å²) in [6.45, 7) is 4.40. The van der Waals surface area contributed by atoms with Gasteiger partial charge in [-0.15, -0.1) is 0 Å². The minimum atomic E-state index is -0.776. The van der Waals surface area contributed by atoms with Crippen LogP contribution in [-0.2, 0) is 19.7 Å². The van der Waals surface area contributed by atoms with E-state index in [0.717, 1.165) is 30.6 Å². The first-order chi connectivity index (χ1) is 11.3. The fraction of sp³-hybridized carbons (Fsp3) is 0.556. The van der Waals surface area contributed by atoms with Gasteiger partial charge in [-0.05, 0) is 44.4 Å². The number of likely N-dealkylation sites (tertiary alicyclic amines) is 1. The highest BCUT2D eigenvalue weighted by molar-refractivity contribution is 5.86. The second kappa shape index (κ2) is 7.11. The van der Waals surface area contributed by atoms with Crippen LogP contribution in [-0.4, -0.2) is 50.6 Å². The topological polar surface area (TPSA) is 67.9 Å². The van der Waals surface area contributed by atoms with E-state index in [2.05, 4.69) is 5.32 Å². The van der Waals surface area contributed by atoms with Gasteiger partial charge in [0.25, 0.3) is 0 Å². The van der Waals surface area contributed by atoms with Crippen molar-refractivity contribution in [3.8, 4) is 5.75 Å². The predicted molar refractivity (Wildman–Crippen MR) is 92.3 cm³/mol. The Bertz CT molecular complexity index is 627. The lowest BCUT2D eigenvalue weighted by Gasteiger charge is -2.31. The highest BCUT2D eigenvalue weighted by atomic mass is 16.5. The number of benzene rings is 1. The molecule has 0 bridgehead atoms. The number of carbonyl (C=O) groups is 2. The van der Waals surface area contributed by atoms with Gasteiger partial charge in [0, 0.05) is 13.6 Å². The Morgan fingerprint density at radius 2 is 2.04 bits per heavy atom. The number of hydrogen-bond donors (Lipinski definition) is 1. The zero-order chi connectivity index (χ0) is 17.9. The van der Waals surface area contributed by atoms with E-state index in [-0.39, 0.29) is 17.9 Å². The van der Waals surface area contributed by atoms with Crippen molar-refractivity contribution in [2.24, 2.45) is 0 Å². The van der Waals surface area contributed by atoms with E-state index < -0.39 is 5.41 Å². The van der Waals surface area contributed by atoms with Crippen LogP contribution in [0.25, 0.3) is 0 Å². The summed E-state index contributed by atoms with van der Waals surface area (Å²) in [6.07, 6.45) is 1.76. The maximum Gasteiger partial charge on any atom is 0.315 e. The molecule has 1 aliphatic heterocycles. The first-order valence-electron chi connectivity index (χ1n) is 8.09. The van der Waals surface area contributed by atoms with Crippen LogP contribution < -0.4 is 10.1 Å². The van der Waals surface area contributed by atoms with Crippen LogP contribution in [0.15, 0.2) is 18.2 Å². The second-order valence-electron chi connectivity index (χ2n) is 6.63. The number of methoxy groups -OCH3 is 2. The Morgan fingerprint density at radius 3 is 2.67 bits per heavy atom. The predicted octanol–water partition coefficient (Wildman–Crippen LogP) is 2.18. The molecule has 1 aromatic rings. The maximum absolute atomic E-state index is 12.2. The third-order valence-electron chi connectivity index (χ3n) is 4.61. The molecule has 6 heteroatoms. The van der Waals surface area contributed by atoms with Gasteiger partial charge in [0.05, 0.1) is 25.3 Å². The molecule has 24 heavy (non-hydrogen) atoms. The first kappa shape index (κ1) is 18.1. The van der Waals surface area contributed by atoms with Crippen LogP contribution in [0.2, 0.25) is 0 Å². The Kier molecular flexibility index (Phi) is 5.36. The van der Waals surface area contributed by atoms with Gasteiger partial charge in [0.1, 0.15) is 11.8 Å². The standard InChI is InChI=1S/C18H26N2O4/c1-18(2,17(22)24-5)12-8-9-13(15(11-12)23-4)19-14-7-6-10-20(3)16(14)21/h8-9,11,14,19H,6-7,10H2,1-5H3. The number of carbonyl (C=O) groups excluding carboxylic acids is 2. The summed E-state index contributed by atoms with van der Waals surface area (Å²) in [5, 5.41) is 3.27. The van der Waals surface area contributed by atoms with Gasteiger partial charge in [0.2, 0.25) is 5.91 Å². The fourth-order valence-corrected chi connectivity index (χ4v) is 2.93. The number of hydrogen-bond acceptors (Lipinski definition) is 5. The molecule has 1 unspecified atom stereocenters. The molecule has 0 aliphatic carbocycles. The molecule has 2 rings (SSSR count). The molecular weight excluding hydrogens is 308 g/mol. The van der Waals surface area contributed by atoms with Crippen molar-refractivity contribution in [3.63, 3.8) is 0 Å². The van der Waals surface area contributed by atoms with Crippen LogP contribution in [0.1, 0.15) is 32.3 Å². The summed E-state index contributed by atoms with van der Waals surface area (Å²) in [5.74, 6) is 0.377. The van der Waals surface area contributed by atoms with Crippen LogP contribution in [0.5, 0.6) is 5.75 Å². The Balaban J connectivity index is 2.26.